The number of halogens is 1. The van der Waals surface area contributed by atoms with Gasteiger partial charge in [-0.1, -0.05) is 34.1 Å². The van der Waals surface area contributed by atoms with Gasteiger partial charge in [-0.05, 0) is 42.6 Å². The second-order valence-electron chi connectivity index (χ2n) is 5.34. The topological polar surface area (TPSA) is 78.9 Å². The minimum atomic E-state index is -0.631. The van der Waals surface area contributed by atoms with Gasteiger partial charge in [0, 0.05) is 10.0 Å². The highest BCUT2D eigenvalue weighted by atomic mass is 79.9. The molecule has 132 valence electrons. The molecule has 1 fully saturated rings. The molecule has 8 heteroatoms. The van der Waals surface area contributed by atoms with Gasteiger partial charge in [0.25, 0.3) is 11.8 Å². The molecule has 1 aliphatic heterocycles. The normalized spacial score (nSPS) is 16.0. The summed E-state index contributed by atoms with van der Waals surface area (Å²) in [5.41, 5.74) is 0.641. The molecular formula is C18H13BrN2O4S. The summed E-state index contributed by atoms with van der Waals surface area (Å²) in [5.74, 6) is -1.14. The SMILES string of the molecule is COc1cccc(/C=C2/C(=O)NC(=S)N(c3cccc(Br)c3)C2=O)c1O. The summed E-state index contributed by atoms with van der Waals surface area (Å²) in [7, 11) is 1.41. The van der Waals surface area contributed by atoms with Crippen LogP contribution in [0.1, 0.15) is 5.56 Å². The molecule has 2 amide bonds. The molecule has 6 nitrogen and oxygen atoms in total. The number of phenolic OH excluding ortho intramolecular Hbond substituents is 1. The lowest BCUT2D eigenvalue weighted by atomic mass is 10.1. The van der Waals surface area contributed by atoms with Crippen molar-refractivity contribution in [2.75, 3.05) is 12.0 Å². The molecule has 2 aromatic carbocycles. The Balaban J connectivity index is 2.06. The van der Waals surface area contributed by atoms with Crippen LogP contribution < -0.4 is 15.0 Å². The fraction of sp³-hybridized carbons (Fsp3) is 0.0556. The van der Waals surface area contributed by atoms with Crippen molar-refractivity contribution in [2.24, 2.45) is 0 Å². The highest BCUT2D eigenvalue weighted by Crippen LogP contribution is 2.32. The predicted octanol–water partition coefficient (Wildman–Crippen LogP) is 2.99. The molecule has 26 heavy (non-hydrogen) atoms. The standard InChI is InChI=1S/C18H13BrN2O4S/c1-25-14-7-2-4-10(15(14)22)8-13-16(23)20-18(26)21(17(13)24)12-6-3-5-11(19)9-12/h2-9,22H,1H3,(H,20,23,26)/b13-8-. The van der Waals surface area contributed by atoms with Crippen molar-refractivity contribution in [1.29, 1.82) is 0 Å². The van der Waals surface area contributed by atoms with Crippen LogP contribution in [0.15, 0.2) is 52.5 Å². The molecule has 1 aliphatic rings. The average Bonchev–Trinajstić information content (AvgIpc) is 2.60. The highest BCUT2D eigenvalue weighted by molar-refractivity contribution is 9.10. The molecule has 0 unspecified atom stereocenters. The van der Waals surface area contributed by atoms with Gasteiger partial charge in [0.1, 0.15) is 5.57 Å². The molecule has 2 aromatic rings. The zero-order chi connectivity index (χ0) is 18.8. The number of amides is 2. The molecule has 0 atom stereocenters. The summed E-state index contributed by atoms with van der Waals surface area (Å²) in [6.45, 7) is 0. The third-order valence-corrected chi connectivity index (χ3v) is 4.50. The van der Waals surface area contributed by atoms with Crippen LogP contribution in [0.25, 0.3) is 6.08 Å². The van der Waals surface area contributed by atoms with Gasteiger partial charge >= 0.3 is 0 Å². The quantitative estimate of drug-likeness (QED) is 0.442. The Hall–Kier alpha value is -2.71. The molecular weight excluding hydrogens is 420 g/mol. The maximum Gasteiger partial charge on any atom is 0.270 e. The van der Waals surface area contributed by atoms with Gasteiger partial charge in [-0.3, -0.25) is 19.8 Å². The first-order chi connectivity index (χ1) is 12.4. The van der Waals surface area contributed by atoms with Crippen LogP contribution >= 0.6 is 28.1 Å². The number of carbonyl (C=O) groups excluding carboxylic acids is 2. The van der Waals surface area contributed by atoms with Gasteiger partial charge < -0.3 is 9.84 Å². The second kappa shape index (κ2) is 7.27. The number of rotatable bonds is 3. The summed E-state index contributed by atoms with van der Waals surface area (Å²) in [6, 6.07) is 11.8. The number of nitrogens with one attached hydrogen (secondary N) is 1. The van der Waals surface area contributed by atoms with Gasteiger partial charge in [0.2, 0.25) is 0 Å². The lowest BCUT2D eigenvalue weighted by Gasteiger charge is -2.29. The first-order valence-electron chi connectivity index (χ1n) is 7.45. The van der Waals surface area contributed by atoms with Crippen LogP contribution in [0.4, 0.5) is 5.69 Å². The molecule has 0 saturated carbocycles. The second-order valence-corrected chi connectivity index (χ2v) is 6.64. The Morgan fingerprint density at radius 1 is 1.23 bits per heavy atom. The van der Waals surface area contributed by atoms with E-state index in [-0.39, 0.29) is 27.7 Å². The summed E-state index contributed by atoms with van der Waals surface area (Å²) >= 11 is 8.50. The van der Waals surface area contributed by atoms with Crippen LogP contribution in [-0.2, 0) is 9.59 Å². The Bertz CT molecular complexity index is 958. The van der Waals surface area contributed by atoms with E-state index >= 15 is 0 Å². The number of aromatic hydroxyl groups is 1. The number of hydrogen-bond donors (Lipinski definition) is 2. The van der Waals surface area contributed by atoms with Crippen LogP contribution in [0, 0.1) is 0 Å². The maximum absolute atomic E-state index is 12.9. The van der Waals surface area contributed by atoms with Crippen molar-refractivity contribution >= 4 is 56.8 Å². The molecule has 1 heterocycles. The van der Waals surface area contributed by atoms with Gasteiger partial charge in [-0.2, -0.15) is 0 Å². The number of para-hydroxylation sites is 1. The zero-order valence-corrected chi connectivity index (χ0v) is 15.9. The van der Waals surface area contributed by atoms with Crippen LogP contribution in [0.5, 0.6) is 11.5 Å². The lowest BCUT2D eigenvalue weighted by molar-refractivity contribution is -0.122. The first-order valence-corrected chi connectivity index (χ1v) is 8.65. The maximum atomic E-state index is 12.9. The van der Waals surface area contributed by atoms with E-state index in [1.807, 2.05) is 6.07 Å². The van der Waals surface area contributed by atoms with Crippen molar-refractivity contribution < 1.29 is 19.4 Å². The third kappa shape index (κ3) is 3.33. The van der Waals surface area contributed by atoms with E-state index in [2.05, 4.69) is 21.2 Å². The molecule has 0 radical (unpaired) electrons. The summed E-state index contributed by atoms with van der Waals surface area (Å²) in [6.07, 6.45) is 1.31. The van der Waals surface area contributed by atoms with Gasteiger partial charge in [-0.25, -0.2) is 0 Å². The van der Waals surface area contributed by atoms with Crippen molar-refractivity contribution in [3.05, 3.63) is 58.1 Å². The number of nitrogens with zero attached hydrogens (tertiary/aromatic N) is 1. The number of benzene rings is 2. The van der Waals surface area contributed by atoms with Gasteiger partial charge in [-0.15, -0.1) is 0 Å². The van der Waals surface area contributed by atoms with E-state index in [9.17, 15) is 14.7 Å². The fourth-order valence-corrected chi connectivity index (χ4v) is 3.15. The van der Waals surface area contributed by atoms with Crippen LogP contribution in [0.3, 0.4) is 0 Å². The largest absolute Gasteiger partial charge is 0.504 e. The monoisotopic (exact) mass is 432 g/mol. The van der Waals surface area contributed by atoms with E-state index in [0.717, 1.165) is 4.47 Å². The summed E-state index contributed by atoms with van der Waals surface area (Å²) in [5, 5.41) is 12.7. The number of methoxy groups -OCH3 is 1. The molecule has 3 rings (SSSR count). The zero-order valence-electron chi connectivity index (χ0n) is 13.5. The van der Waals surface area contributed by atoms with Crippen molar-refractivity contribution in [1.82, 2.24) is 5.32 Å². The van der Waals surface area contributed by atoms with E-state index in [1.54, 1.807) is 36.4 Å². The lowest BCUT2D eigenvalue weighted by Crippen LogP contribution is -2.54. The minimum absolute atomic E-state index is 0.00915. The molecule has 0 bridgehead atoms. The number of hydrogen-bond acceptors (Lipinski definition) is 5. The molecule has 0 aliphatic carbocycles. The van der Waals surface area contributed by atoms with E-state index in [0.29, 0.717) is 5.69 Å². The van der Waals surface area contributed by atoms with Crippen molar-refractivity contribution in [3.8, 4) is 11.5 Å². The minimum Gasteiger partial charge on any atom is -0.504 e. The predicted molar refractivity (Wildman–Crippen MR) is 105 cm³/mol. The number of carbonyl (C=O) groups is 2. The number of anilines is 1. The van der Waals surface area contributed by atoms with Gasteiger partial charge in [0.15, 0.2) is 16.6 Å². The van der Waals surface area contributed by atoms with E-state index in [1.165, 1.54) is 18.1 Å². The van der Waals surface area contributed by atoms with Crippen LogP contribution in [0.2, 0.25) is 0 Å². The number of phenols is 1. The van der Waals surface area contributed by atoms with Crippen molar-refractivity contribution in [3.63, 3.8) is 0 Å². The first kappa shape index (κ1) is 18.1. The van der Waals surface area contributed by atoms with E-state index < -0.39 is 11.8 Å². The number of thiocarbonyl (C=S) groups is 1. The molecule has 2 N–H and O–H groups in total. The summed E-state index contributed by atoms with van der Waals surface area (Å²) in [4.78, 5) is 26.4. The van der Waals surface area contributed by atoms with Gasteiger partial charge in [0.05, 0.1) is 12.8 Å². The highest BCUT2D eigenvalue weighted by Gasteiger charge is 2.34. The van der Waals surface area contributed by atoms with Crippen LogP contribution in [-0.4, -0.2) is 29.1 Å². The van der Waals surface area contributed by atoms with Crippen molar-refractivity contribution in [2.45, 2.75) is 0 Å². The summed E-state index contributed by atoms with van der Waals surface area (Å²) < 4.78 is 5.81. The Morgan fingerprint density at radius 2 is 1.96 bits per heavy atom. The fourth-order valence-electron chi connectivity index (χ4n) is 2.48. The Kier molecular flexibility index (Phi) is 5.06. The average molecular weight is 433 g/mol. The molecule has 0 spiro atoms. The third-order valence-electron chi connectivity index (χ3n) is 3.72. The molecule has 1 saturated heterocycles. The Morgan fingerprint density at radius 3 is 2.65 bits per heavy atom. The number of ether oxygens (including phenoxy) is 1. The smallest absolute Gasteiger partial charge is 0.270 e. The molecule has 0 aromatic heterocycles. The Labute approximate surface area is 163 Å². The van der Waals surface area contributed by atoms with E-state index in [4.69, 9.17) is 17.0 Å².